The molecule has 12 heavy (non-hydrogen) atoms. The van der Waals surface area contributed by atoms with Crippen LogP contribution in [0.15, 0.2) is 24.8 Å². The van der Waals surface area contributed by atoms with E-state index in [1.807, 2.05) is 26.0 Å². The van der Waals surface area contributed by atoms with Gasteiger partial charge in [0.25, 0.3) is 0 Å². The summed E-state index contributed by atoms with van der Waals surface area (Å²) in [6, 6.07) is 0. The molecule has 1 unspecified atom stereocenters. The van der Waals surface area contributed by atoms with Gasteiger partial charge in [0.05, 0.1) is 12.7 Å². The monoisotopic (exact) mass is 168 g/mol. The molecule has 1 atom stereocenters. The van der Waals surface area contributed by atoms with Crippen LogP contribution in [-0.2, 0) is 9.47 Å². The average Bonchev–Trinajstić information content (AvgIpc) is 2.31. The molecule has 1 rings (SSSR count). The molecule has 0 aromatic rings. The molecule has 1 aliphatic heterocycles. The topological polar surface area (TPSA) is 18.5 Å². The van der Waals surface area contributed by atoms with Crippen molar-refractivity contribution in [3.63, 3.8) is 0 Å². The average molecular weight is 168 g/mol. The highest BCUT2D eigenvalue weighted by molar-refractivity contribution is 4.98. The quantitative estimate of drug-likeness (QED) is 0.602. The minimum atomic E-state index is -0.396. The van der Waals surface area contributed by atoms with Crippen molar-refractivity contribution in [2.24, 2.45) is 0 Å². The molecule has 1 heterocycles. The van der Waals surface area contributed by atoms with Crippen LogP contribution < -0.4 is 0 Å². The second-order valence-corrected chi connectivity index (χ2v) is 3.35. The first-order valence-electron chi connectivity index (χ1n) is 4.23. The van der Waals surface area contributed by atoms with Gasteiger partial charge in [-0.3, -0.25) is 0 Å². The van der Waals surface area contributed by atoms with E-state index in [9.17, 15) is 0 Å². The number of hydrogen-bond donors (Lipinski definition) is 0. The van der Waals surface area contributed by atoms with Crippen LogP contribution >= 0.6 is 0 Å². The van der Waals surface area contributed by atoms with Gasteiger partial charge in [0, 0.05) is 0 Å². The zero-order valence-corrected chi connectivity index (χ0v) is 7.75. The van der Waals surface area contributed by atoms with Crippen molar-refractivity contribution >= 4 is 0 Å². The molecule has 68 valence electrons. The van der Waals surface area contributed by atoms with E-state index in [2.05, 4.69) is 6.58 Å². The summed E-state index contributed by atoms with van der Waals surface area (Å²) in [4.78, 5) is 0. The van der Waals surface area contributed by atoms with Crippen LogP contribution in [-0.4, -0.2) is 18.5 Å². The van der Waals surface area contributed by atoms with E-state index < -0.39 is 5.79 Å². The fourth-order valence-corrected chi connectivity index (χ4v) is 1.21. The zero-order valence-electron chi connectivity index (χ0n) is 7.75. The summed E-state index contributed by atoms with van der Waals surface area (Å²) < 4.78 is 11.0. The molecular weight excluding hydrogens is 152 g/mol. The number of allylic oxidation sites excluding steroid dienone is 2. The fourth-order valence-electron chi connectivity index (χ4n) is 1.21. The van der Waals surface area contributed by atoms with Crippen molar-refractivity contribution in [1.29, 1.82) is 0 Å². The Balaban J connectivity index is 2.28. The van der Waals surface area contributed by atoms with Gasteiger partial charge in [-0.2, -0.15) is 0 Å². The molecule has 0 bridgehead atoms. The van der Waals surface area contributed by atoms with Crippen molar-refractivity contribution in [2.75, 3.05) is 6.61 Å². The summed E-state index contributed by atoms with van der Waals surface area (Å²) in [6.45, 7) is 8.15. The maximum atomic E-state index is 5.59. The Morgan fingerprint density at radius 3 is 2.83 bits per heavy atom. The molecule has 2 heteroatoms. The van der Waals surface area contributed by atoms with Crippen LogP contribution in [0.1, 0.15) is 20.3 Å². The summed E-state index contributed by atoms with van der Waals surface area (Å²) in [6.07, 6.45) is 6.84. The Labute approximate surface area is 73.9 Å². The van der Waals surface area contributed by atoms with Gasteiger partial charge in [-0.15, -0.1) is 0 Å². The smallest absolute Gasteiger partial charge is 0.163 e. The molecular formula is C10H16O2. The van der Waals surface area contributed by atoms with Crippen molar-refractivity contribution in [1.82, 2.24) is 0 Å². The van der Waals surface area contributed by atoms with Crippen LogP contribution in [0.2, 0.25) is 0 Å². The maximum absolute atomic E-state index is 5.59. The van der Waals surface area contributed by atoms with Crippen LogP contribution in [0, 0.1) is 0 Å². The van der Waals surface area contributed by atoms with Gasteiger partial charge >= 0.3 is 0 Å². The van der Waals surface area contributed by atoms with Crippen LogP contribution in [0.5, 0.6) is 0 Å². The van der Waals surface area contributed by atoms with Gasteiger partial charge in [-0.05, 0) is 20.3 Å². The highest BCUT2D eigenvalue weighted by Gasteiger charge is 2.31. The minimum Gasteiger partial charge on any atom is -0.348 e. The van der Waals surface area contributed by atoms with Gasteiger partial charge in [-0.25, -0.2) is 0 Å². The summed E-state index contributed by atoms with van der Waals surface area (Å²) in [5.74, 6) is -0.396. The van der Waals surface area contributed by atoms with E-state index in [4.69, 9.17) is 9.47 Å². The molecule has 0 amide bonds. The van der Waals surface area contributed by atoms with Crippen LogP contribution in [0.4, 0.5) is 0 Å². The Bertz CT molecular complexity index is 182. The molecule has 0 aromatic heterocycles. The van der Waals surface area contributed by atoms with Crippen LogP contribution in [0.25, 0.3) is 0 Å². The lowest BCUT2D eigenvalue weighted by molar-refractivity contribution is -0.137. The molecule has 0 radical (unpaired) electrons. The van der Waals surface area contributed by atoms with E-state index in [1.165, 1.54) is 0 Å². The fraction of sp³-hybridized carbons (Fsp3) is 0.600. The van der Waals surface area contributed by atoms with E-state index >= 15 is 0 Å². The minimum absolute atomic E-state index is 0.205. The van der Waals surface area contributed by atoms with Gasteiger partial charge in [0.2, 0.25) is 0 Å². The van der Waals surface area contributed by atoms with Crippen molar-refractivity contribution in [2.45, 2.75) is 32.2 Å². The second kappa shape index (κ2) is 3.87. The number of hydrogen-bond acceptors (Lipinski definition) is 2. The van der Waals surface area contributed by atoms with Gasteiger partial charge in [0.15, 0.2) is 5.79 Å². The van der Waals surface area contributed by atoms with Gasteiger partial charge < -0.3 is 9.47 Å². The van der Waals surface area contributed by atoms with E-state index in [-0.39, 0.29) is 6.10 Å². The summed E-state index contributed by atoms with van der Waals surface area (Å²) in [5.41, 5.74) is 0. The Morgan fingerprint density at radius 2 is 2.33 bits per heavy atom. The molecule has 1 aliphatic rings. The lowest BCUT2D eigenvalue weighted by atomic mass is 10.2. The Kier molecular flexibility index (Phi) is 3.06. The summed E-state index contributed by atoms with van der Waals surface area (Å²) >= 11 is 0. The molecule has 0 spiro atoms. The van der Waals surface area contributed by atoms with Crippen molar-refractivity contribution < 1.29 is 9.47 Å². The zero-order chi connectivity index (χ0) is 9.03. The summed E-state index contributed by atoms with van der Waals surface area (Å²) in [7, 11) is 0. The molecule has 1 fully saturated rings. The SMILES string of the molecule is C=C/C=C/CC1COC(C)(C)O1. The first-order chi connectivity index (χ1) is 5.64. The molecule has 2 nitrogen and oxygen atoms in total. The highest BCUT2D eigenvalue weighted by Crippen LogP contribution is 2.23. The molecule has 1 saturated heterocycles. The van der Waals surface area contributed by atoms with E-state index in [0.717, 1.165) is 6.42 Å². The second-order valence-electron chi connectivity index (χ2n) is 3.35. The lowest BCUT2D eigenvalue weighted by Gasteiger charge is -2.16. The van der Waals surface area contributed by atoms with E-state index in [0.29, 0.717) is 6.61 Å². The van der Waals surface area contributed by atoms with Crippen LogP contribution in [0.3, 0.4) is 0 Å². The maximum Gasteiger partial charge on any atom is 0.163 e. The predicted molar refractivity (Wildman–Crippen MR) is 48.9 cm³/mol. The molecule has 0 aliphatic carbocycles. The summed E-state index contributed by atoms with van der Waals surface area (Å²) in [5, 5.41) is 0. The Morgan fingerprint density at radius 1 is 1.58 bits per heavy atom. The first-order valence-corrected chi connectivity index (χ1v) is 4.23. The number of rotatable bonds is 3. The third kappa shape index (κ3) is 2.80. The van der Waals surface area contributed by atoms with Gasteiger partial charge in [0.1, 0.15) is 0 Å². The third-order valence-electron chi connectivity index (χ3n) is 1.74. The number of ether oxygens (including phenoxy) is 2. The molecule has 0 N–H and O–H groups in total. The normalized spacial score (nSPS) is 28.0. The highest BCUT2D eigenvalue weighted by atomic mass is 16.7. The predicted octanol–water partition coefficient (Wildman–Crippen LogP) is 2.27. The molecule has 0 aromatic carbocycles. The first kappa shape index (κ1) is 9.49. The lowest BCUT2D eigenvalue weighted by Crippen LogP contribution is -2.21. The Hall–Kier alpha value is -0.600. The largest absolute Gasteiger partial charge is 0.348 e. The van der Waals surface area contributed by atoms with E-state index in [1.54, 1.807) is 6.08 Å². The third-order valence-corrected chi connectivity index (χ3v) is 1.74. The van der Waals surface area contributed by atoms with Crippen molar-refractivity contribution in [3.8, 4) is 0 Å². The molecule has 0 saturated carbocycles. The standard InChI is InChI=1S/C10H16O2/c1-4-5-6-7-9-8-11-10(2,3)12-9/h4-6,9H,1,7-8H2,2-3H3/b6-5+. The van der Waals surface area contributed by atoms with Gasteiger partial charge in [-0.1, -0.05) is 24.8 Å². The van der Waals surface area contributed by atoms with Crippen molar-refractivity contribution in [3.05, 3.63) is 24.8 Å².